The minimum absolute atomic E-state index is 0.313. The molecule has 0 aliphatic carbocycles. The number of aromatic amines is 1. The lowest BCUT2D eigenvalue weighted by atomic mass is 9.95. The number of aromatic nitrogens is 1. The van der Waals surface area contributed by atoms with E-state index in [0.717, 1.165) is 18.5 Å². The third-order valence-electron chi connectivity index (χ3n) is 4.46. The van der Waals surface area contributed by atoms with Gasteiger partial charge in [-0.3, -0.25) is 0 Å². The summed E-state index contributed by atoms with van der Waals surface area (Å²) in [6, 6.07) is 8.77. The van der Waals surface area contributed by atoms with Gasteiger partial charge < -0.3 is 10.3 Å². The normalized spacial score (nSPS) is 14.0. The molecule has 0 aliphatic heterocycles. The smallest absolute Gasteiger partial charge is 0.0467 e. The van der Waals surface area contributed by atoms with E-state index in [1.807, 2.05) is 0 Å². The van der Waals surface area contributed by atoms with Crippen LogP contribution in [0.1, 0.15) is 39.7 Å². The first-order chi connectivity index (χ1) is 10.9. The first-order valence-corrected chi connectivity index (χ1v) is 8.54. The summed E-state index contributed by atoms with van der Waals surface area (Å²) in [6.07, 6.45) is 4.20. The van der Waals surface area contributed by atoms with Crippen molar-refractivity contribution in [1.29, 1.82) is 0 Å². The molecule has 124 valence electrons. The second-order valence-electron chi connectivity index (χ2n) is 7.16. The molecule has 1 aromatic carbocycles. The van der Waals surface area contributed by atoms with E-state index in [4.69, 9.17) is 0 Å². The Balaban J connectivity index is 2.03. The average molecular weight is 310 g/mol. The Kier molecular flexibility index (Phi) is 5.70. The lowest BCUT2D eigenvalue weighted by molar-refractivity contribution is 0.464. The van der Waals surface area contributed by atoms with Gasteiger partial charge >= 0.3 is 0 Å². The summed E-state index contributed by atoms with van der Waals surface area (Å²) in [5, 5.41) is 4.91. The molecule has 0 saturated carbocycles. The molecule has 2 atom stereocenters. The summed E-state index contributed by atoms with van der Waals surface area (Å²) in [7, 11) is 0. The average Bonchev–Trinajstić information content (AvgIpc) is 2.89. The van der Waals surface area contributed by atoms with Gasteiger partial charge in [-0.15, -0.1) is 0 Å². The number of hydrogen-bond donors (Lipinski definition) is 2. The van der Waals surface area contributed by atoms with Gasteiger partial charge in [0.1, 0.15) is 0 Å². The second-order valence-corrected chi connectivity index (χ2v) is 7.16. The van der Waals surface area contributed by atoms with E-state index in [2.05, 4.69) is 81.6 Å². The highest BCUT2D eigenvalue weighted by atomic mass is 14.9. The highest BCUT2D eigenvalue weighted by Crippen LogP contribution is 2.23. The molecule has 2 N–H and O–H groups in total. The molecule has 0 radical (unpaired) electrons. The molecule has 1 aromatic heterocycles. The summed E-state index contributed by atoms with van der Waals surface area (Å²) >= 11 is 0. The minimum atomic E-state index is 0.313. The number of allylic oxidation sites excluding steroid dienone is 1. The van der Waals surface area contributed by atoms with Gasteiger partial charge in [0.15, 0.2) is 0 Å². The van der Waals surface area contributed by atoms with Crippen molar-refractivity contribution in [2.75, 3.05) is 0 Å². The molecule has 23 heavy (non-hydrogen) atoms. The molecular weight excluding hydrogens is 280 g/mol. The van der Waals surface area contributed by atoms with Crippen LogP contribution in [0.3, 0.4) is 0 Å². The second kappa shape index (κ2) is 7.54. The van der Waals surface area contributed by atoms with Crippen LogP contribution in [-0.2, 0) is 6.42 Å². The number of hydrogen-bond acceptors (Lipinski definition) is 1. The summed E-state index contributed by atoms with van der Waals surface area (Å²) in [6.45, 7) is 17.2. The van der Waals surface area contributed by atoms with Crippen LogP contribution in [-0.4, -0.2) is 11.0 Å². The van der Waals surface area contributed by atoms with Gasteiger partial charge in [0, 0.05) is 28.8 Å². The number of benzene rings is 1. The quantitative estimate of drug-likeness (QED) is 0.624. The van der Waals surface area contributed by atoms with Gasteiger partial charge in [0.05, 0.1) is 0 Å². The van der Waals surface area contributed by atoms with E-state index in [1.54, 1.807) is 0 Å². The van der Waals surface area contributed by atoms with Crippen LogP contribution in [0.4, 0.5) is 0 Å². The van der Waals surface area contributed by atoms with E-state index < -0.39 is 0 Å². The van der Waals surface area contributed by atoms with Crippen molar-refractivity contribution in [3.05, 3.63) is 60.5 Å². The largest absolute Gasteiger partial charge is 0.382 e. The highest BCUT2D eigenvalue weighted by molar-refractivity contribution is 5.83. The Bertz CT molecular complexity index is 678. The molecule has 0 bridgehead atoms. The van der Waals surface area contributed by atoms with Gasteiger partial charge in [-0.2, -0.15) is 0 Å². The number of H-pyrrole nitrogens is 1. The van der Waals surface area contributed by atoms with E-state index in [9.17, 15) is 0 Å². The minimum Gasteiger partial charge on any atom is -0.382 e. The Morgan fingerprint density at radius 2 is 1.87 bits per heavy atom. The van der Waals surface area contributed by atoms with Crippen LogP contribution < -0.4 is 5.32 Å². The fraction of sp³-hybridized carbons (Fsp3) is 0.429. The molecule has 0 spiro atoms. The maximum atomic E-state index is 4.28. The van der Waals surface area contributed by atoms with Crippen LogP contribution >= 0.6 is 0 Å². The Labute approximate surface area is 140 Å². The third-order valence-corrected chi connectivity index (χ3v) is 4.46. The first kappa shape index (κ1) is 17.4. The van der Waals surface area contributed by atoms with Crippen molar-refractivity contribution < 1.29 is 0 Å². The maximum Gasteiger partial charge on any atom is 0.0467 e. The Hall–Kier alpha value is -1.96. The molecule has 0 amide bonds. The van der Waals surface area contributed by atoms with Crippen molar-refractivity contribution in [1.82, 2.24) is 10.3 Å². The van der Waals surface area contributed by atoms with E-state index in [0.29, 0.717) is 17.9 Å². The Morgan fingerprint density at radius 1 is 1.17 bits per heavy atom. The number of para-hydroxylation sites is 1. The molecule has 2 aromatic rings. The molecule has 0 aliphatic rings. The Morgan fingerprint density at radius 3 is 2.52 bits per heavy atom. The predicted molar refractivity (Wildman–Crippen MR) is 101 cm³/mol. The summed E-state index contributed by atoms with van der Waals surface area (Å²) in [5.41, 5.74) is 4.84. The molecule has 0 saturated heterocycles. The van der Waals surface area contributed by atoms with Crippen molar-refractivity contribution >= 4 is 10.9 Å². The van der Waals surface area contributed by atoms with Crippen molar-refractivity contribution in [3.63, 3.8) is 0 Å². The zero-order chi connectivity index (χ0) is 17.0. The van der Waals surface area contributed by atoms with Crippen molar-refractivity contribution in [2.24, 2.45) is 11.8 Å². The van der Waals surface area contributed by atoms with E-state index in [-0.39, 0.29) is 0 Å². The van der Waals surface area contributed by atoms with Crippen LogP contribution in [0.5, 0.6) is 0 Å². The van der Waals surface area contributed by atoms with Crippen LogP contribution in [0.2, 0.25) is 0 Å². The van der Waals surface area contributed by atoms with Gasteiger partial charge in [-0.05, 0) is 43.2 Å². The monoisotopic (exact) mass is 310 g/mol. The molecule has 1 heterocycles. The lowest BCUT2D eigenvalue weighted by Gasteiger charge is -2.26. The summed E-state index contributed by atoms with van der Waals surface area (Å²) in [4.78, 5) is 3.35. The first-order valence-electron chi connectivity index (χ1n) is 8.54. The molecule has 2 heteroatoms. The van der Waals surface area contributed by atoms with Gasteiger partial charge in [0.25, 0.3) is 0 Å². The van der Waals surface area contributed by atoms with Crippen LogP contribution in [0.15, 0.2) is 54.9 Å². The number of nitrogens with one attached hydrogen (secondary N) is 2. The fourth-order valence-corrected chi connectivity index (χ4v) is 2.97. The van der Waals surface area contributed by atoms with E-state index in [1.165, 1.54) is 22.0 Å². The summed E-state index contributed by atoms with van der Waals surface area (Å²) < 4.78 is 0. The van der Waals surface area contributed by atoms with Crippen LogP contribution in [0.25, 0.3) is 10.9 Å². The SMILES string of the molecule is C=C(NC(CC(C)C)C(=C)C)C(C)Cc1c[nH]c2ccccc12. The molecular formula is C21H30N2. The topological polar surface area (TPSA) is 27.8 Å². The molecule has 0 fully saturated rings. The summed E-state index contributed by atoms with van der Waals surface area (Å²) in [5.74, 6) is 1.02. The van der Waals surface area contributed by atoms with Gasteiger partial charge in [-0.1, -0.05) is 57.7 Å². The molecule has 2 rings (SSSR count). The number of fused-ring (bicyclic) bond motifs is 1. The zero-order valence-corrected chi connectivity index (χ0v) is 14.9. The van der Waals surface area contributed by atoms with Crippen molar-refractivity contribution in [2.45, 2.75) is 46.6 Å². The van der Waals surface area contributed by atoms with Gasteiger partial charge in [0.2, 0.25) is 0 Å². The highest BCUT2D eigenvalue weighted by Gasteiger charge is 2.16. The van der Waals surface area contributed by atoms with Crippen molar-refractivity contribution in [3.8, 4) is 0 Å². The third kappa shape index (κ3) is 4.51. The van der Waals surface area contributed by atoms with Crippen LogP contribution in [0, 0.1) is 11.8 Å². The fourth-order valence-electron chi connectivity index (χ4n) is 2.97. The lowest BCUT2D eigenvalue weighted by Crippen LogP contribution is -2.33. The zero-order valence-electron chi connectivity index (χ0n) is 14.9. The number of rotatable bonds is 8. The maximum absolute atomic E-state index is 4.28. The molecule has 2 unspecified atom stereocenters. The standard InChI is InChI=1S/C21H30N2/c1-14(2)11-21(15(3)4)23-17(6)16(5)12-18-13-22-20-10-8-7-9-19(18)20/h7-10,13-14,16,21-23H,3,6,11-12H2,1-2,4-5H3. The predicted octanol–water partition coefficient (Wildman–Crippen LogP) is 5.44. The molecule has 2 nitrogen and oxygen atoms in total. The van der Waals surface area contributed by atoms with Gasteiger partial charge in [-0.25, -0.2) is 0 Å². The van der Waals surface area contributed by atoms with E-state index >= 15 is 0 Å².